The molecule has 1 fully saturated rings. The molecule has 0 spiro atoms. The molecule has 2 heterocycles. The SMILES string of the molecule is N#Cc1ncc(N[C@@H]2CCCC[C@@H]2N)nc1Nc1cccc(-c2ncccn2)c1. The van der Waals surface area contributed by atoms with Crippen LogP contribution in [0.3, 0.4) is 0 Å². The maximum absolute atomic E-state index is 9.43. The first kappa shape index (κ1) is 18.8. The van der Waals surface area contributed by atoms with Gasteiger partial charge in [0, 0.05) is 35.7 Å². The number of anilines is 3. The fourth-order valence-electron chi connectivity index (χ4n) is 3.48. The van der Waals surface area contributed by atoms with E-state index in [-0.39, 0.29) is 17.8 Å². The van der Waals surface area contributed by atoms with Crippen LogP contribution < -0.4 is 16.4 Å². The van der Waals surface area contributed by atoms with Crippen molar-refractivity contribution in [3.05, 3.63) is 54.6 Å². The molecule has 8 heteroatoms. The largest absolute Gasteiger partial charge is 0.364 e. The molecule has 0 saturated heterocycles. The number of nitrogens with two attached hydrogens (primary N) is 1. The predicted octanol–water partition coefficient (Wildman–Crippen LogP) is 3.23. The molecular formula is C21H22N8. The first-order valence-corrected chi connectivity index (χ1v) is 9.66. The second-order valence-corrected chi connectivity index (χ2v) is 7.04. The van der Waals surface area contributed by atoms with Crippen molar-refractivity contribution in [1.82, 2.24) is 19.9 Å². The number of hydrogen-bond donors (Lipinski definition) is 3. The first-order chi connectivity index (χ1) is 14.2. The van der Waals surface area contributed by atoms with Crippen LogP contribution in [-0.4, -0.2) is 32.0 Å². The van der Waals surface area contributed by atoms with E-state index in [1.807, 2.05) is 24.3 Å². The van der Waals surface area contributed by atoms with E-state index >= 15 is 0 Å². The lowest BCUT2D eigenvalue weighted by Crippen LogP contribution is -2.42. The summed E-state index contributed by atoms with van der Waals surface area (Å²) in [6.45, 7) is 0. The molecule has 0 aliphatic heterocycles. The van der Waals surface area contributed by atoms with Gasteiger partial charge in [0.2, 0.25) is 0 Å². The molecule has 0 bridgehead atoms. The number of aromatic nitrogens is 4. The molecule has 1 aliphatic carbocycles. The fourth-order valence-corrected chi connectivity index (χ4v) is 3.48. The number of rotatable bonds is 5. The van der Waals surface area contributed by atoms with Crippen LogP contribution >= 0.6 is 0 Å². The summed E-state index contributed by atoms with van der Waals surface area (Å²) < 4.78 is 0. The third-order valence-corrected chi connectivity index (χ3v) is 4.98. The highest BCUT2D eigenvalue weighted by molar-refractivity contribution is 5.68. The Balaban J connectivity index is 1.57. The van der Waals surface area contributed by atoms with Gasteiger partial charge in [0.05, 0.1) is 6.20 Å². The quantitative estimate of drug-likeness (QED) is 0.610. The second kappa shape index (κ2) is 8.63. The van der Waals surface area contributed by atoms with Gasteiger partial charge in [-0.2, -0.15) is 5.26 Å². The molecule has 29 heavy (non-hydrogen) atoms. The monoisotopic (exact) mass is 386 g/mol. The summed E-state index contributed by atoms with van der Waals surface area (Å²) in [5.41, 5.74) is 8.09. The normalized spacial score (nSPS) is 18.6. The predicted molar refractivity (Wildman–Crippen MR) is 111 cm³/mol. The van der Waals surface area contributed by atoms with Gasteiger partial charge < -0.3 is 16.4 Å². The van der Waals surface area contributed by atoms with Crippen molar-refractivity contribution >= 4 is 17.3 Å². The van der Waals surface area contributed by atoms with Gasteiger partial charge in [0.25, 0.3) is 0 Å². The Morgan fingerprint density at radius 1 is 1.07 bits per heavy atom. The molecule has 0 radical (unpaired) electrons. The Bertz CT molecular complexity index is 1010. The average molecular weight is 386 g/mol. The van der Waals surface area contributed by atoms with E-state index in [1.165, 1.54) is 0 Å². The lowest BCUT2D eigenvalue weighted by molar-refractivity contribution is 0.403. The number of nitrogens with one attached hydrogen (secondary N) is 2. The van der Waals surface area contributed by atoms with Crippen LogP contribution in [-0.2, 0) is 0 Å². The first-order valence-electron chi connectivity index (χ1n) is 9.66. The lowest BCUT2D eigenvalue weighted by atomic mass is 9.91. The molecule has 4 rings (SSSR count). The van der Waals surface area contributed by atoms with Crippen molar-refractivity contribution in [2.75, 3.05) is 10.6 Å². The zero-order chi connectivity index (χ0) is 20.1. The van der Waals surface area contributed by atoms with E-state index in [0.29, 0.717) is 17.5 Å². The van der Waals surface area contributed by atoms with Crippen LogP contribution in [0.4, 0.5) is 17.3 Å². The Morgan fingerprint density at radius 2 is 1.90 bits per heavy atom. The number of benzene rings is 1. The molecule has 146 valence electrons. The minimum atomic E-state index is 0.0974. The molecule has 1 saturated carbocycles. The minimum Gasteiger partial charge on any atom is -0.364 e. The maximum Gasteiger partial charge on any atom is 0.183 e. The van der Waals surface area contributed by atoms with Crippen LogP contribution in [0.15, 0.2) is 48.9 Å². The lowest BCUT2D eigenvalue weighted by Gasteiger charge is -2.29. The molecule has 4 N–H and O–H groups in total. The van der Waals surface area contributed by atoms with Gasteiger partial charge in [0.1, 0.15) is 11.9 Å². The van der Waals surface area contributed by atoms with Gasteiger partial charge >= 0.3 is 0 Å². The molecule has 0 amide bonds. The van der Waals surface area contributed by atoms with E-state index in [9.17, 15) is 5.26 Å². The zero-order valence-electron chi connectivity index (χ0n) is 15.9. The van der Waals surface area contributed by atoms with Gasteiger partial charge in [-0.05, 0) is 31.0 Å². The number of hydrogen-bond acceptors (Lipinski definition) is 8. The van der Waals surface area contributed by atoms with Crippen LogP contribution in [0, 0.1) is 11.3 Å². The van der Waals surface area contributed by atoms with E-state index in [0.717, 1.165) is 36.9 Å². The molecule has 2 atom stereocenters. The molecule has 1 aromatic carbocycles. The van der Waals surface area contributed by atoms with Gasteiger partial charge in [-0.3, -0.25) is 0 Å². The maximum atomic E-state index is 9.43. The fraction of sp³-hybridized carbons (Fsp3) is 0.286. The summed E-state index contributed by atoms with van der Waals surface area (Å²) in [6, 6.07) is 11.8. The minimum absolute atomic E-state index is 0.0974. The van der Waals surface area contributed by atoms with Crippen molar-refractivity contribution in [1.29, 1.82) is 5.26 Å². The number of nitriles is 1. The van der Waals surface area contributed by atoms with E-state index in [4.69, 9.17) is 5.73 Å². The van der Waals surface area contributed by atoms with Crippen molar-refractivity contribution in [2.45, 2.75) is 37.8 Å². The van der Waals surface area contributed by atoms with Crippen molar-refractivity contribution < 1.29 is 0 Å². The van der Waals surface area contributed by atoms with Crippen LogP contribution in [0.2, 0.25) is 0 Å². The van der Waals surface area contributed by atoms with E-state index < -0.39 is 0 Å². The third-order valence-electron chi connectivity index (χ3n) is 4.98. The zero-order valence-corrected chi connectivity index (χ0v) is 15.9. The summed E-state index contributed by atoms with van der Waals surface area (Å²) >= 11 is 0. The summed E-state index contributed by atoms with van der Waals surface area (Å²) in [6.07, 6.45) is 9.30. The summed E-state index contributed by atoms with van der Waals surface area (Å²) in [4.78, 5) is 17.4. The summed E-state index contributed by atoms with van der Waals surface area (Å²) in [5.74, 6) is 1.63. The topological polar surface area (TPSA) is 125 Å². The van der Waals surface area contributed by atoms with Crippen LogP contribution in [0.5, 0.6) is 0 Å². The van der Waals surface area contributed by atoms with Gasteiger partial charge in [-0.15, -0.1) is 0 Å². The Kier molecular flexibility index (Phi) is 5.59. The number of nitrogens with zero attached hydrogens (tertiary/aromatic N) is 5. The van der Waals surface area contributed by atoms with Gasteiger partial charge in [-0.1, -0.05) is 25.0 Å². The van der Waals surface area contributed by atoms with Gasteiger partial charge in [0.15, 0.2) is 17.3 Å². The molecule has 1 aliphatic rings. The highest BCUT2D eigenvalue weighted by atomic mass is 15.1. The highest BCUT2D eigenvalue weighted by Crippen LogP contribution is 2.25. The Labute approximate surface area is 169 Å². The third kappa shape index (κ3) is 4.47. The molecule has 2 aromatic heterocycles. The molecule has 0 unspecified atom stereocenters. The van der Waals surface area contributed by atoms with Crippen LogP contribution in [0.25, 0.3) is 11.4 Å². The second-order valence-electron chi connectivity index (χ2n) is 7.04. The standard InChI is InChI=1S/C21H22N8/c22-12-18-21(29-19(13-26-18)28-17-8-2-1-7-16(17)23)27-15-6-3-5-14(11-15)20-24-9-4-10-25-20/h3-6,9-11,13,16-17H,1-2,7-8,23H2,(H2,27,28,29)/t16-,17+/m0/s1. The molecule has 8 nitrogen and oxygen atoms in total. The molecule has 3 aromatic rings. The Morgan fingerprint density at radius 3 is 2.69 bits per heavy atom. The average Bonchev–Trinajstić information content (AvgIpc) is 2.76. The summed E-state index contributed by atoms with van der Waals surface area (Å²) in [5, 5.41) is 16.0. The van der Waals surface area contributed by atoms with Crippen LogP contribution in [0.1, 0.15) is 31.4 Å². The summed E-state index contributed by atoms with van der Waals surface area (Å²) in [7, 11) is 0. The molecular weight excluding hydrogens is 364 g/mol. The van der Waals surface area contributed by atoms with Gasteiger partial charge in [-0.25, -0.2) is 19.9 Å². The van der Waals surface area contributed by atoms with E-state index in [2.05, 4.69) is 36.6 Å². The van der Waals surface area contributed by atoms with Crippen molar-refractivity contribution in [2.24, 2.45) is 5.73 Å². The Hall–Kier alpha value is -3.57. The van der Waals surface area contributed by atoms with E-state index in [1.54, 1.807) is 24.7 Å². The van der Waals surface area contributed by atoms with Crippen molar-refractivity contribution in [3.63, 3.8) is 0 Å². The van der Waals surface area contributed by atoms with Crippen molar-refractivity contribution in [3.8, 4) is 17.5 Å². The smallest absolute Gasteiger partial charge is 0.183 e. The highest BCUT2D eigenvalue weighted by Gasteiger charge is 2.22.